The number of alkyl halides is 1. The molecule has 10 heavy (non-hydrogen) atoms. The largest absolute Gasteiger partial charge is 0.260 e. The summed E-state index contributed by atoms with van der Waals surface area (Å²) in [7, 11) is 0. The van der Waals surface area contributed by atoms with E-state index in [0.29, 0.717) is 0 Å². The minimum absolute atomic E-state index is 0.0706. The standard InChI is InChI=1S/C8H10ClN/c1-2-7(9)8-5-3-4-6-10-8/h3-7H,2H2,1H3. The van der Waals surface area contributed by atoms with Gasteiger partial charge < -0.3 is 0 Å². The minimum Gasteiger partial charge on any atom is -0.260 e. The first-order valence-electron chi connectivity index (χ1n) is 3.39. The lowest BCUT2D eigenvalue weighted by atomic mass is 10.2. The van der Waals surface area contributed by atoms with E-state index >= 15 is 0 Å². The van der Waals surface area contributed by atoms with E-state index in [1.807, 2.05) is 25.1 Å². The van der Waals surface area contributed by atoms with Crippen molar-refractivity contribution < 1.29 is 0 Å². The predicted octanol–water partition coefficient (Wildman–Crippen LogP) is 2.77. The van der Waals surface area contributed by atoms with Gasteiger partial charge in [0.2, 0.25) is 0 Å². The summed E-state index contributed by atoms with van der Waals surface area (Å²) in [6.45, 7) is 2.05. The van der Waals surface area contributed by atoms with Gasteiger partial charge in [-0.3, -0.25) is 4.98 Å². The van der Waals surface area contributed by atoms with Crippen LogP contribution in [0.5, 0.6) is 0 Å². The Hall–Kier alpha value is -0.560. The van der Waals surface area contributed by atoms with Crippen molar-refractivity contribution in [3.05, 3.63) is 30.1 Å². The topological polar surface area (TPSA) is 12.9 Å². The second-order valence-corrected chi connectivity index (χ2v) is 2.66. The Kier molecular flexibility index (Phi) is 2.69. The van der Waals surface area contributed by atoms with Crippen LogP contribution in [0, 0.1) is 0 Å². The van der Waals surface area contributed by atoms with Crippen LogP contribution < -0.4 is 0 Å². The molecule has 1 heterocycles. The zero-order valence-corrected chi connectivity index (χ0v) is 6.67. The average Bonchev–Trinajstić information content (AvgIpc) is 2.05. The smallest absolute Gasteiger partial charge is 0.0754 e. The molecule has 0 aliphatic rings. The first kappa shape index (κ1) is 7.55. The number of halogens is 1. The Labute approximate surface area is 66.0 Å². The highest BCUT2D eigenvalue weighted by molar-refractivity contribution is 6.20. The lowest BCUT2D eigenvalue weighted by Crippen LogP contribution is -1.90. The Bertz CT molecular complexity index is 186. The van der Waals surface area contributed by atoms with E-state index in [9.17, 15) is 0 Å². The molecule has 54 valence electrons. The van der Waals surface area contributed by atoms with Crippen LogP contribution in [-0.4, -0.2) is 4.98 Å². The molecule has 2 heteroatoms. The highest BCUT2D eigenvalue weighted by Crippen LogP contribution is 2.20. The van der Waals surface area contributed by atoms with Crippen LogP contribution in [0.2, 0.25) is 0 Å². The van der Waals surface area contributed by atoms with Gasteiger partial charge in [-0.15, -0.1) is 11.6 Å². The molecular formula is C8H10ClN. The fourth-order valence-corrected chi connectivity index (χ4v) is 0.899. The molecule has 0 amide bonds. The van der Waals surface area contributed by atoms with Crippen LogP contribution in [0.3, 0.4) is 0 Å². The summed E-state index contributed by atoms with van der Waals surface area (Å²) in [4.78, 5) is 4.12. The van der Waals surface area contributed by atoms with E-state index < -0.39 is 0 Å². The van der Waals surface area contributed by atoms with Gasteiger partial charge in [0.05, 0.1) is 11.1 Å². The van der Waals surface area contributed by atoms with Gasteiger partial charge in [0, 0.05) is 6.20 Å². The van der Waals surface area contributed by atoms with E-state index in [4.69, 9.17) is 11.6 Å². The molecule has 1 nitrogen and oxygen atoms in total. The van der Waals surface area contributed by atoms with Gasteiger partial charge in [-0.25, -0.2) is 0 Å². The van der Waals surface area contributed by atoms with Crippen LogP contribution in [0.4, 0.5) is 0 Å². The first-order valence-corrected chi connectivity index (χ1v) is 3.83. The van der Waals surface area contributed by atoms with Crippen molar-refractivity contribution in [3.63, 3.8) is 0 Å². The molecular weight excluding hydrogens is 146 g/mol. The molecule has 0 spiro atoms. The zero-order chi connectivity index (χ0) is 7.40. The third kappa shape index (κ3) is 1.71. The van der Waals surface area contributed by atoms with Crippen molar-refractivity contribution in [2.75, 3.05) is 0 Å². The van der Waals surface area contributed by atoms with E-state index in [-0.39, 0.29) is 5.38 Å². The highest BCUT2D eigenvalue weighted by atomic mass is 35.5. The quantitative estimate of drug-likeness (QED) is 0.599. The summed E-state index contributed by atoms with van der Waals surface area (Å²) < 4.78 is 0. The summed E-state index contributed by atoms with van der Waals surface area (Å²) in [6, 6.07) is 5.79. The van der Waals surface area contributed by atoms with E-state index in [1.54, 1.807) is 6.20 Å². The maximum absolute atomic E-state index is 5.93. The molecule has 0 aromatic carbocycles. The maximum Gasteiger partial charge on any atom is 0.0754 e. The normalized spacial score (nSPS) is 13.0. The van der Waals surface area contributed by atoms with Gasteiger partial charge in [-0.05, 0) is 18.6 Å². The fourth-order valence-electron chi connectivity index (χ4n) is 0.770. The highest BCUT2D eigenvalue weighted by Gasteiger charge is 2.03. The van der Waals surface area contributed by atoms with Gasteiger partial charge >= 0.3 is 0 Å². The molecule has 0 N–H and O–H groups in total. The molecule has 0 radical (unpaired) electrons. The lowest BCUT2D eigenvalue weighted by molar-refractivity contribution is 0.847. The summed E-state index contributed by atoms with van der Waals surface area (Å²) in [5.41, 5.74) is 0.965. The van der Waals surface area contributed by atoms with Crippen molar-refractivity contribution >= 4 is 11.6 Å². The molecule has 1 rings (SSSR count). The van der Waals surface area contributed by atoms with Gasteiger partial charge in [-0.2, -0.15) is 0 Å². The van der Waals surface area contributed by atoms with E-state index in [1.165, 1.54) is 0 Å². The van der Waals surface area contributed by atoms with E-state index in [0.717, 1.165) is 12.1 Å². The Morgan fingerprint density at radius 3 is 2.90 bits per heavy atom. The fraction of sp³-hybridized carbons (Fsp3) is 0.375. The van der Waals surface area contributed by atoms with Crippen molar-refractivity contribution in [1.29, 1.82) is 0 Å². The monoisotopic (exact) mass is 155 g/mol. The first-order chi connectivity index (χ1) is 4.84. The molecule has 0 bridgehead atoms. The number of pyridine rings is 1. The van der Waals surface area contributed by atoms with Crippen molar-refractivity contribution in [3.8, 4) is 0 Å². The average molecular weight is 156 g/mol. The molecule has 0 saturated heterocycles. The molecule has 0 aliphatic carbocycles. The zero-order valence-electron chi connectivity index (χ0n) is 5.92. The van der Waals surface area contributed by atoms with Crippen LogP contribution in [-0.2, 0) is 0 Å². The SMILES string of the molecule is CCC(Cl)c1ccccn1. The molecule has 0 fully saturated rings. The second kappa shape index (κ2) is 3.57. The molecule has 1 aromatic rings. The number of nitrogens with zero attached hydrogens (tertiary/aromatic N) is 1. The summed E-state index contributed by atoms with van der Waals surface area (Å²) in [5, 5.41) is 0.0706. The van der Waals surface area contributed by atoms with Crippen LogP contribution >= 0.6 is 11.6 Å². The number of rotatable bonds is 2. The molecule has 0 saturated carbocycles. The van der Waals surface area contributed by atoms with Crippen LogP contribution in [0.1, 0.15) is 24.4 Å². The van der Waals surface area contributed by atoms with Crippen LogP contribution in [0.25, 0.3) is 0 Å². The van der Waals surface area contributed by atoms with Gasteiger partial charge in [-0.1, -0.05) is 13.0 Å². The lowest BCUT2D eigenvalue weighted by Gasteiger charge is -2.02. The third-order valence-electron chi connectivity index (χ3n) is 1.37. The molecule has 1 unspecified atom stereocenters. The summed E-state index contributed by atoms with van der Waals surface area (Å²) >= 11 is 5.93. The number of hydrogen-bond donors (Lipinski definition) is 0. The van der Waals surface area contributed by atoms with Crippen LogP contribution in [0.15, 0.2) is 24.4 Å². The van der Waals surface area contributed by atoms with E-state index in [2.05, 4.69) is 4.98 Å². The number of hydrogen-bond acceptors (Lipinski definition) is 1. The van der Waals surface area contributed by atoms with Gasteiger partial charge in [0.15, 0.2) is 0 Å². The van der Waals surface area contributed by atoms with Gasteiger partial charge in [0.25, 0.3) is 0 Å². The Morgan fingerprint density at radius 1 is 1.60 bits per heavy atom. The maximum atomic E-state index is 5.93. The Balaban J connectivity index is 2.75. The number of aromatic nitrogens is 1. The Morgan fingerprint density at radius 2 is 2.40 bits per heavy atom. The molecule has 0 aliphatic heterocycles. The van der Waals surface area contributed by atoms with Crippen molar-refractivity contribution in [2.45, 2.75) is 18.7 Å². The van der Waals surface area contributed by atoms with Crippen molar-refractivity contribution in [1.82, 2.24) is 4.98 Å². The summed E-state index contributed by atoms with van der Waals surface area (Å²) in [5.74, 6) is 0. The second-order valence-electron chi connectivity index (χ2n) is 2.13. The molecule has 1 aromatic heterocycles. The molecule has 1 atom stereocenters. The summed E-state index contributed by atoms with van der Waals surface area (Å²) in [6.07, 6.45) is 2.69. The van der Waals surface area contributed by atoms with Gasteiger partial charge in [0.1, 0.15) is 0 Å². The van der Waals surface area contributed by atoms with Crippen molar-refractivity contribution in [2.24, 2.45) is 0 Å². The minimum atomic E-state index is 0.0706. The predicted molar refractivity (Wildman–Crippen MR) is 43.1 cm³/mol. The third-order valence-corrected chi connectivity index (χ3v) is 1.90.